The first-order valence-corrected chi connectivity index (χ1v) is 12.4. The Balaban J connectivity index is 1.45. The molecule has 2 aromatic carbocycles. The van der Waals surface area contributed by atoms with Crippen LogP contribution in [0.3, 0.4) is 0 Å². The number of benzene rings is 2. The summed E-state index contributed by atoms with van der Waals surface area (Å²) >= 11 is 0. The van der Waals surface area contributed by atoms with Gasteiger partial charge in [0.25, 0.3) is 11.8 Å². The summed E-state index contributed by atoms with van der Waals surface area (Å²) in [5.41, 5.74) is 0.844. The van der Waals surface area contributed by atoms with E-state index >= 15 is 0 Å². The van der Waals surface area contributed by atoms with Gasteiger partial charge in [-0.2, -0.15) is 0 Å². The summed E-state index contributed by atoms with van der Waals surface area (Å²) < 4.78 is 5.31. The second-order valence-electron chi connectivity index (χ2n) is 9.00. The number of likely N-dealkylation sites (tertiary alicyclic amines) is 1. The van der Waals surface area contributed by atoms with Crippen LogP contribution in [-0.2, 0) is 14.3 Å². The molecule has 2 heterocycles. The molecule has 35 heavy (non-hydrogen) atoms. The van der Waals surface area contributed by atoms with Crippen LogP contribution in [0.4, 0.5) is 5.69 Å². The van der Waals surface area contributed by atoms with Crippen LogP contribution in [-0.4, -0.2) is 79.1 Å². The number of piperidine rings is 1. The SMILES string of the molecule is CCOCCCNC(=O)CN1CN(c2ccccc2)C2(CCN(C(=O)c3ccccc3)CC2)C1=O. The zero-order chi connectivity index (χ0) is 24.7. The largest absolute Gasteiger partial charge is 0.382 e. The normalized spacial score (nSPS) is 17.2. The van der Waals surface area contributed by atoms with Gasteiger partial charge in [-0.05, 0) is 50.5 Å². The van der Waals surface area contributed by atoms with E-state index in [0.29, 0.717) is 57.9 Å². The van der Waals surface area contributed by atoms with Gasteiger partial charge in [0, 0.05) is 44.1 Å². The molecule has 1 N–H and O–H groups in total. The molecule has 2 aliphatic rings. The molecule has 0 radical (unpaired) electrons. The van der Waals surface area contributed by atoms with Gasteiger partial charge >= 0.3 is 0 Å². The third kappa shape index (κ3) is 5.48. The first-order valence-electron chi connectivity index (χ1n) is 12.4. The molecule has 186 valence electrons. The summed E-state index contributed by atoms with van der Waals surface area (Å²) in [7, 11) is 0. The maximum absolute atomic E-state index is 13.7. The van der Waals surface area contributed by atoms with Crippen molar-refractivity contribution in [2.45, 2.75) is 31.7 Å². The number of rotatable bonds is 9. The van der Waals surface area contributed by atoms with Gasteiger partial charge in [-0.1, -0.05) is 36.4 Å². The van der Waals surface area contributed by atoms with E-state index in [1.807, 2.05) is 72.5 Å². The molecular formula is C27H34N4O4. The Labute approximate surface area is 206 Å². The summed E-state index contributed by atoms with van der Waals surface area (Å²) in [5.74, 6) is -0.227. The maximum Gasteiger partial charge on any atom is 0.253 e. The highest BCUT2D eigenvalue weighted by Crippen LogP contribution is 2.39. The molecular weight excluding hydrogens is 444 g/mol. The Morgan fingerprint density at radius 3 is 2.31 bits per heavy atom. The van der Waals surface area contributed by atoms with Crippen LogP contribution in [0.5, 0.6) is 0 Å². The van der Waals surface area contributed by atoms with Crippen molar-refractivity contribution in [2.75, 3.05) is 51.0 Å². The highest BCUT2D eigenvalue weighted by molar-refractivity contribution is 5.97. The molecule has 0 atom stereocenters. The van der Waals surface area contributed by atoms with Crippen molar-refractivity contribution in [3.8, 4) is 0 Å². The smallest absolute Gasteiger partial charge is 0.253 e. The van der Waals surface area contributed by atoms with Gasteiger partial charge < -0.3 is 24.8 Å². The van der Waals surface area contributed by atoms with E-state index in [1.54, 1.807) is 4.90 Å². The van der Waals surface area contributed by atoms with E-state index in [4.69, 9.17) is 4.74 Å². The number of anilines is 1. The number of hydrogen-bond donors (Lipinski definition) is 1. The number of carbonyl (C=O) groups excluding carboxylic acids is 3. The highest BCUT2D eigenvalue weighted by atomic mass is 16.5. The summed E-state index contributed by atoms with van der Waals surface area (Å²) in [6, 6.07) is 19.1. The molecule has 0 bridgehead atoms. The fourth-order valence-corrected chi connectivity index (χ4v) is 4.94. The van der Waals surface area contributed by atoms with Crippen molar-refractivity contribution < 1.29 is 19.1 Å². The second kappa shape index (κ2) is 11.4. The van der Waals surface area contributed by atoms with E-state index in [2.05, 4.69) is 10.2 Å². The average molecular weight is 479 g/mol. The van der Waals surface area contributed by atoms with Gasteiger partial charge in [-0.3, -0.25) is 14.4 Å². The molecule has 0 aliphatic carbocycles. The van der Waals surface area contributed by atoms with Crippen LogP contribution >= 0.6 is 0 Å². The Bertz CT molecular complexity index is 1010. The molecule has 0 unspecified atom stereocenters. The lowest BCUT2D eigenvalue weighted by atomic mass is 9.85. The Morgan fingerprint density at radius 2 is 1.66 bits per heavy atom. The zero-order valence-corrected chi connectivity index (χ0v) is 20.3. The lowest BCUT2D eigenvalue weighted by molar-refractivity contribution is -0.137. The number of ether oxygens (including phenoxy) is 1. The van der Waals surface area contributed by atoms with Crippen LogP contribution in [0.1, 0.15) is 36.5 Å². The van der Waals surface area contributed by atoms with Crippen LogP contribution in [0.2, 0.25) is 0 Å². The van der Waals surface area contributed by atoms with E-state index in [-0.39, 0.29) is 24.3 Å². The van der Waals surface area contributed by atoms with Gasteiger partial charge in [0.2, 0.25) is 5.91 Å². The minimum absolute atomic E-state index is 0.0135. The van der Waals surface area contributed by atoms with Gasteiger partial charge in [0.1, 0.15) is 12.1 Å². The molecule has 8 heteroatoms. The quantitative estimate of drug-likeness (QED) is 0.560. The average Bonchev–Trinajstić information content (AvgIpc) is 3.15. The Morgan fingerprint density at radius 1 is 1.00 bits per heavy atom. The van der Waals surface area contributed by atoms with E-state index in [0.717, 1.165) is 12.1 Å². The van der Waals surface area contributed by atoms with Crippen LogP contribution in [0.25, 0.3) is 0 Å². The van der Waals surface area contributed by atoms with Crippen molar-refractivity contribution in [3.63, 3.8) is 0 Å². The van der Waals surface area contributed by atoms with E-state index in [1.165, 1.54) is 0 Å². The molecule has 8 nitrogen and oxygen atoms in total. The van der Waals surface area contributed by atoms with E-state index < -0.39 is 5.54 Å². The molecule has 3 amide bonds. The first kappa shape index (κ1) is 24.7. The first-order chi connectivity index (χ1) is 17.0. The lowest BCUT2D eigenvalue weighted by Crippen LogP contribution is -2.57. The molecule has 2 fully saturated rings. The standard InChI is InChI=1S/C27H34N4O4/c1-2-35-19-9-16-28-24(32)20-30-21-31(23-12-7-4-8-13-23)27(26(30)34)14-17-29(18-15-27)25(33)22-10-5-3-6-11-22/h3-8,10-13H,2,9,14-21H2,1H3,(H,28,32). The Hall–Kier alpha value is -3.39. The van der Waals surface area contributed by atoms with Crippen LogP contribution < -0.4 is 10.2 Å². The third-order valence-electron chi connectivity index (χ3n) is 6.81. The number of hydrogen-bond acceptors (Lipinski definition) is 5. The fraction of sp³-hybridized carbons (Fsp3) is 0.444. The lowest BCUT2D eigenvalue weighted by Gasteiger charge is -2.43. The number of amides is 3. The van der Waals surface area contributed by atoms with E-state index in [9.17, 15) is 14.4 Å². The van der Waals surface area contributed by atoms with Gasteiger partial charge in [0.05, 0.1) is 6.67 Å². The minimum atomic E-state index is -0.760. The van der Waals surface area contributed by atoms with Crippen molar-refractivity contribution in [3.05, 3.63) is 66.2 Å². The molecule has 2 aliphatic heterocycles. The molecule has 0 saturated carbocycles. The topological polar surface area (TPSA) is 82.2 Å². The van der Waals surface area contributed by atoms with Crippen molar-refractivity contribution in [1.82, 2.24) is 15.1 Å². The molecule has 2 saturated heterocycles. The Kier molecular flexibility index (Phi) is 8.02. The van der Waals surface area contributed by atoms with Crippen LogP contribution in [0.15, 0.2) is 60.7 Å². The van der Waals surface area contributed by atoms with Gasteiger partial charge in [-0.25, -0.2) is 0 Å². The third-order valence-corrected chi connectivity index (χ3v) is 6.81. The second-order valence-corrected chi connectivity index (χ2v) is 9.00. The van der Waals surface area contributed by atoms with Crippen LogP contribution in [0, 0.1) is 0 Å². The number of para-hydroxylation sites is 1. The van der Waals surface area contributed by atoms with Crippen molar-refractivity contribution in [1.29, 1.82) is 0 Å². The monoisotopic (exact) mass is 478 g/mol. The maximum atomic E-state index is 13.7. The zero-order valence-electron chi connectivity index (χ0n) is 20.3. The molecule has 0 aromatic heterocycles. The van der Waals surface area contributed by atoms with Gasteiger partial charge in [0.15, 0.2) is 0 Å². The molecule has 2 aromatic rings. The van der Waals surface area contributed by atoms with Gasteiger partial charge in [-0.15, -0.1) is 0 Å². The summed E-state index contributed by atoms with van der Waals surface area (Å²) in [4.78, 5) is 44.9. The number of nitrogens with zero attached hydrogens (tertiary/aromatic N) is 3. The molecule has 4 rings (SSSR count). The predicted octanol–water partition coefficient (Wildman–Crippen LogP) is 2.51. The number of carbonyl (C=O) groups is 3. The predicted molar refractivity (Wildman–Crippen MR) is 134 cm³/mol. The molecule has 1 spiro atoms. The minimum Gasteiger partial charge on any atom is -0.382 e. The summed E-state index contributed by atoms with van der Waals surface area (Å²) in [6.45, 7) is 5.05. The fourth-order valence-electron chi connectivity index (χ4n) is 4.94. The summed E-state index contributed by atoms with van der Waals surface area (Å²) in [6.07, 6.45) is 1.77. The van der Waals surface area contributed by atoms with Crippen molar-refractivity contribution >= 4 is 23.4 Å². The van der Waals surface area contributed by atoms with Crippen molar-refractivity contribution in [2.24, 2.45) is 0 Å². The number of nitrogens with one attached hydrogen (secondary N) is 1. The summed E-state index contributed by atoms with van der Waals surface area (Å²) in [5, 5.41) is 2.89. The highest BCUT2D eigenvalue weighted by Gasteiger charge is 2.54.